The zero-order valence-electron chi connectivity index (χ0n) is 12.9. The molecule has 0 unspecified atom stereocenters. The van der Waals surface area contributed by atoms with Gasteiger partial charge in [0.05, 0.1) is 6.61 Å². The molecule has 1 heterocycles. The summed E-state index contributed by atoms with van der Waals surface area (Å²) in [6.45, 7) is 2.82. The number of aromatic nitrogens is 1. The van der Waals surface area contributed by atoms with Crippen molar-refractivity contribution in [2.45, 2.75) is 6.61 Å². The molecule has 0 saturated carbocycles. The Bertz CT molecular complexity index is 795. The molecule has 0 aliphatic carbocycles. The first-order valence-electron chi connectivity index (χ1n) is 7.22. The van der Waals surface area contributed by atoms with Crippen molar-refractivity contribution in [3.8, 4) is 22.8 Å². The fourth-order valence-electron chi connectivity index (χ4n) is 1.98. The van der Waals surface area contributed by atoms with Crippen molar-refractivity contribution >= 4 is 5.97 Å². The summed E-state index contributed by atoms with van der Waals surface area (Å²) in [6, 6.07) is 19.4. The summed E-state index contributed by atoms with van der Waals surface area (Å²) in [6.07, 6.45) is 0.833. The summed E-state index contributed by atoms with van der Waals surface area (Å²) in [5.74, 6) is 0.176. The summed E-state index contributed by atoms with van der Waals surface area (Å²) in [4.78, 5) is 13.6. The number of aliphatic hydroxyl groups is 1. The van der Waals surface area contributed by atoms with Crippen LogP contribution in [-0.2, 0) is 11.4 Å². The van der Waals surface area contributed by atoms with Gasteiger partial charge in [0.2, 0.25) is 5.89 Å². The van der Waals surface area contributed by atoms with Crippen LogP contribution in [0.3, 0.4) is 0 Å². The average molecular weight is 323 g/mol. The number of carboxylic acid groups (broad SMARTS) is 1. The highest BCUT2D eigenvalue weighted by Gasteiger charge is 2.15. The predicted octanol–water partition coefficient (Wildman–Crippen LogP) is 3.76. The number of oxazole rings is 1. The van der Waals surface area contributed by atoms with E-state index in [2.05, 4.69) is 11.6 Å². The first-order valence-corrected chi connectivity index (χ1v) is 7.22. The van der Waals surface area contributed by atoms with Crippen molar-refractivity contribution < 1.29 is 19.4 Å². The number of hydrogen-bond donors (Lipinski definition) is 2. The van der Waals surface area contributed by atoms with Crippen LogP contribution in [0.25, 0.3) is 22.8 Å². The third kappa shape index (κ3) is 4.41. The Labute approximate surface area is 139 Å². The second-order valence-corrected chi connectivity index (χ2v) is 4.73. The number of aliphatic hydroxyl groups excluding tert-OH is 1. The van der Waals surface area contributed by atoms with Crippen LogP contribution >= 0.6 is 0 Å². The third-order valence-electron chi connectivity index (χ3n) is 3.08. The first-order chi connectivity index (χ1) is 11.7. The van der Waals surface area contributed by atoms with Crippen LogP contribution in [0.1, 0.15) is 5.69 Å². The van der Waals surface area contributed by atoms with Crippen LogP contribution < -0.4 is 0 Å². The van der Waals surface area contributed by atoms with Gasteiger partial charge in [-0.3, -0.25) is 0 Å². The van der Waals surface area contributed by atoms with Gasteiger partial charge in [-0.25, -0.2) is 9.78 Å². The van der Waals surface area contributed by atoms with Crippen LogP contribution in [0, 0.1) is 0 Å². The maximum absolute atomic E-state index is 9.42. The number of carbonyl (C=O) groups is 1. The van der Waals surface area contributed by atoms with Crippen molar-refractivity contribution in [2.24, 2.45) is 0 Å². The monoisotopic (exact) mass is 323 g/mol. The highest BCUT2D eigenvalue weighted by atomic mass is 16.4. The van der Waals surface area contributed by atoms with E-state index in [9.17, 15) is 9.90 Å². The van der Waals surface area contributed by atoms with Gasteiger partial charge in [-0.05, 0) is 12.1 Å². The van der Waals surface area contributed by atoms with Gasteiger partial charge in [-0.2, -0.15) is 0 Å². The summed E-state index contributed by atoms with van der Waals surface area (Å²) in [5, 5.41) is 17.0. The van der Waals surface area contributed by atoms with Crippen LogP contribution in [0.15, 0.2) is 77.7 Å². The quantitative estimate of drug-likeness (QED) is 0.714. The van der Waals surface area contributed by atoms with Gasteiger partial charge in [-0.15, -0.1) is 0 Å². The van der Waals surface area contributed by atoms with Crippen molar-refractivity contribution in [2.75, 3.05) is 0 Å². The van der Waals surface area contributed by atoms with Crippen molar-refractivity contribution in [3.63, 3.8) is 0 Å². The maximum atomic E-state index is 9.42. The van der Waals surface area contributed by atoms with E-state index in [1.807, 2.05) is 60.7 Å². The molecule has 0 spiro atoms. The number of aliphatic carboxylic acids is 1. The molecule has 2 aromatic carbocycles. The Morgan fingerprint density at radius 1 is 1.04 bits per heavy atom. The highest BCUT2D eigenvalue weighted by Crippen LogP contribution is 2.29. The molecule has 5 heteroatoms. The minimum atomic E-state index is -0.981. The molecule has 0 atom stereocenters. The molecule has 0 aliphatic heterocycles. The largest absolute Gasteiger partial charge is 0.478 e. The topological polar surface area (TPSA) is 83.6 Å². The second kappa shape index (κ2) is 8.45. The Kier molecular flexibility index (Phi) is 6.05. The fraction of sp³-hybridized carbons (Fsp3) is 0.0526. The fourth-order valence-corrected chi connectivity index (χ4v) is 1.98. The van der Waals surface area contributed by atoms with E-state index in [0.29, 0.717) is 17.3 Å². The lowest BCUT2D eigenvalue weighted by Gasteiger charge is -1.97. The summed E-state index contributed by atoms with van der Waals surface area (Å²) in [5.41, 5.74) is 2.38. The Hall–Kier alpha value is -3.18. The lowest BCUT2D eigenvalue weighted by atomic mass is 10.1. The van der Waals surface area contributed by atoms with Gasteiger partial charge in [-0.1, -0.05) is 55.1 Å². The third-order valence-corrected chi connectivity index (χ3v) is 3.08. The molecule has 0 amide bonds. The van der Waals surface area contributed by atoms with Crippen molar-refractivity contribution in [1.29, 1.82) is 0 Å². The van der Waals surface area contributed by atoms with Gasteiger partial charge in [0.25, 0.3) is 0 Å². The predicted molar refractivity (Wildman–Crippen MR) is 91.1 cm³/mol. The minimum absolute atomic E-state index is 0.138. The highest BCUT2D eigenvalue weighted by molar-refractivity contribution is 5.78. The normalized spacial score (nSPS) is 9.71. The summed E-state index contributed by atoms with van der Waals surface area (Å²) in [7, 11) is 0. The molecule has 5 nitrogen and oxygen atoms in total. The molecule has 0 radical (unpaired) electrons. The van der Waals surface area contributed by atoms with Crippen molar-refractivity contribution in [3.05, 3.63) is 79.0 Å². The number of nitrogens with zero attached hydrogens (tertiary/aromatic N) is 1. The minimum Gasteiger partial charge on any atom is -0.478 e. The molecule has 0 fully saturated rings. The zero-order chi connectivity index (χ0) is 17.4. The maximum Gasteiger partial charge on any atom is 0.327 e. The smallest absolute Gasteiger partial charge is 0.327 e. The number of benzene rings is 2. The van der Waals surface area contributed by atoms with Gasteiger partial charge in [0.1, 0.15) is 5.69 Å². The summed E-state index contributed by atoms with van der Waals surface area (Å²) >= 11 is 0. The van der Waals surface area contributed by atoms with Crippen molar-refractivity contribution in [1.82, 2.24) is 4.98 Å². The molecule has 2 N–H and O–H groups in total. The Morgan fingerprint density at radius 2 is 1.54 bits per heavy atom. The van der Waals surface area contributed by atoms with E-state index < -0.39 is 5.97 Å². The molecule has 24 heavy (non-hydrogen) atoms. The van der Waals surface area contributed by atoms with E-state index in [4.69, 9.17) is 9.52 Å². The molecule has 0 aliphatic rings. The van der Waals surface area contributed by atoms with Gasteiger partial charge >= 0.3 is 5.97 Å². The van der Waals surface area contributed by atoms with Gasteiger partial charge in [0, 0.05) is 17.2 Å². The number of carboxylic acids is 1. The number of rotatable bonds is 4. The molecule has 0 saturated heterocycles. The zero-order valence-corrected chi connectivity index (χ0v) is 12.9. The lowest BCUT2D eigenvalue weighted by Crippen LogP contribution is -1.86. The Morgan fingerprint density at radius 3 is 2.00 bits per heavy atom. The average Bonchev–Trinajstić information content (AvgIpc) is 3.08. The molecule has 3 aromatic rings. The molecule has 122 valence electrons. The van der Waals surface area contributed by atoms with E-state index in [-0.39, 0.29) is 6.61 Å². The van der Waals surface area contributed by atoms with E-state index in [0.717, 1.165) is 17.2 Å². The SMILES string of the molecule is C=CC(=O)O.OCc1nc(-c2ccccc2)oc1-c1ccccc1. The lowest BCUT2D eigenvalue weighted by molar-refractivity contribution is -0.131. The second-order valence-electron chi connectivity index (χ2n) is 4.73. The van der Waals surface area contributed by atoms with E-state index in [1.54, 1.807) is 0 Å². The molecular weight excluding hydrogens is 306 g/mol. The van der Waals surface area contributed by atoms with Crippen LogP contribution in [-0.4, -0.2) is 21.2 Å². The van der Waals surface area contributed by atoms with E-state index >= 15 is 0 Å². The van der Waals surface area contributed by atoms with E-state index in [1.165, 1.54) is 0 Å². The Balaban J connectivity index is 0.000000368. The molecule has 0 bridgehead atoms. The molecule has 1 aromatic heterocycles. The van der Waals surface area contributed by atoms with Gasteiger partial charge < -0.3 is 14.6 Å². The standard InChI is InChI=1S/C16H13NO2.C3H4O2/c18-11-14-15(12-7-3-1-4-8-12)19-16(17-14)13-9-5-2-6-10-13;1-2-3(4)5/h1-10,18H,11H2;2H,1H2,(H,4,5). The number of hydrogen-bond acceptors (Lipinski definition) is 4. The molecule has 3 rings (SSSR count). The van der Waals surface area contributed by atoms with Crippen LogP contribution in [0.5, 0.6) is 0 Å². The summed E-state index contributed by atoms with van der Waals surface area (Å²) < 4.78 is 5.81. The van der Waals surface area contributed by atoms with Gasteiger partial charge in [0.15, 0.2) is 5.76 Å². The van der Waals surface area contributed by atoms with Crippen LogP contribution in [0.4, 0.5) is 0 Å². The first kappa shape index (κ1) is 17.2. The van der Waals surface area contributed by atoms with Crippen LogP contribution in [0.2, 0.25) is 0 Å². The molecular formula is C19H17NO4.